The molecule has 1 atom stereocenters. The minimum absolute atomic E-state index is 0.0177. The Morgan fingerprint density at radius 3 is 2.50 bits per heavy atom. The first-order valence-corrected chi connectivity index (χ1v) is 10.6. The molecule has 2 heterocycles. The number of benzene rings is 1. The van der Waals surface area contributed by atoms with Crippen molar-refractivity contribution in [3.05, 3.63) is 58.9 Å². The molecule has 0 bridgehead atoms. The summed E-state index contributed by atoms with van der Waals surface area (Å²) in [6.07, 6.45) is 4.53. The van der Waals surface area contributed by atoms with E-state index in [4.69, 9.17) is 0 Å². The highest BCUT2D eigenvalue weighted by Gasteiger charge is 2.30. The van der Waals surface area contributed by atoms with Crippen LogP contribution in [0.2, 0.25) is 0 Å². The van der Waals surface area contributed by atoms with Crippen LogP contribution in [0.4, 0.5) is 4.39 Å². The molecule has 3 rings (SSSR count). The first kappa shape index (κ1) is 21.9. The van der Waals surface area contributed by atoms with E-state index in [1.807, 2.05) is 25.7 Å². The number of piperidine rings is 1. The summed E-state index contributed by atoms with van der Waals surface area (Å²) in [5, 5.41) is 0. The van der Waals surface area contributed by atoms with Gasteiger partial charge in [-0.2, -0.15) is 0 Å². The van der Waals surface area contributed by atoms with Crippen molar-refractivity contribution in [3.8, 4) is 0 Å². The molecular formula is C23H29FN4O2. The molecule has 0 saturated carbocycles. The summed E-state index contributed by atoms with van der Waals surface area (Å²) in [6, 6.07) is 5.81. The van der Waals surface area contributed by atoms with Crippen molar-refractivity contribution in [2.45, 2.75) is 52.5 Å². The van der Waals surface area contributed by atoms with Crippen LogP contribution in [0.25, 0.3) is 0 Å². The lowest BCUT2D eigenvalue weighted by Crippen LogP contribution is -2.40. The summed E-state index contributed by atoms with van der Waals surface area (Å²) < 4.78 is 13.1. The maximum atomic E-state index is 13.1. The average molecular weight is 413 g/mol. The zero-order valence-corrected chi connectivity index (χ0v) is 17.9. The second-order valence-electron chi connectivity index (χ2n) is 7.61. The molecule has 0 spiro atoms. The Balaban J connectivity index is 1.80. The number of carbonyl (C=O) groups excluding carboxylic acids is 2. The molecule has 1 saturated heterocycles. The SMILES string of the molecule is CCN(CC)C(=O)c1cnc(C2CCCCN2C(=O)Cc2ccc(F)cc2)nc1C. The first-order chi connectivity index (χ1) is 14.4. The molecular weight excluding hydrogens is 383 g/mol. The van der Waals surface area contributed by atoms with Gasteiger partial charge in [0.05, 0.1) is 23.7 Å². The summed E-state index contributed by atoms with van der Waals surface area (Å²) in [5.74, 6) is 0.175. The normalized spacial score (nSPS) is 16.4. The number of aryl methyl sites for hydroxylation is 1. The molecule has 30 heavy (non-hydrogen) atoms. The number of halogens is 1. The first-order valence-electron chi connectivity index (χ1n) is 10.6. The third-order valence-corrected chi connectivity index (χ3v) is 5.67. The van der Waals surface area contributed by atoms with Crippen molar-refractivity contribution < 1.29 is 14.0 Å². The number of hydrogen-bond acceptors (Lipinski definition) is 4. The summed E-state index contributed by atoms with van der Waals surface area (Å²) in [6.45, 7) is 7.61. The molecule has 1 aliphatic heterocycles. The Morgan fingerprint density at radius 2 is 1.87 bits per heavy atom. The van der Waals surface area contributed by atoms with Crippen LogP contribution in [0.5, 0.6) is 0 Å². The van der Waals surface area contributed by atoms with Crippen LogP contribution in [-0.2, 0) is 11.2 Å². The lowest BCUT2D eigenvalue weighted by molar-refractivity contribution is -0.134. The fourth-order valence-corrected chi connectivity index (χ4v) is 3.91. The van der Waals surface area contributed by atoms with Gasteiger partial charge in [-0.3, -0.25) is 9.59 Å². The number of nitrogens with zero attached hydrogens (tertiary/aromatic N) is 4. The highest BCUT2D eigenvalue weighted by Crippen LogP contribution is 2.30. The molecule has 0 radical (unpaired) electrons. The Hall–Kier alpha value is -2.83. The van der Waals surface area contributed by atoms with Crippen LogP contribution in [0.15, 0.2) is 30.5 Å². The van der Waals surface area contributed by atoms with Gasteiger partial charge in [0.1, 0.15) is 5.82 Å². The van der Waals surface area contributed by atoms with Gasteiger partial charge in [0.25, 0.3) is 5.91 Å². The zero-order valence-electron chi connectivity index (χ0n) is 17.9. The second kappa shape index (κ2) is 9.78. The quantitative estimate of drug-likeness (QED) is 0.726. The van der Waals surface area contributed by atoms with Crippen LogP contribution in [-0.4, -0.2) is 51.2 Å². The lowest BCUT2D eigenvalue weighted by atomic mass is 9.99. The fraction of sp³-hybridized carbons (Fsp3) is 0.478. The van der Waals surface area contributed by atoms with E-state index in [-0.39, 0.29) is 30.1 Å². The Bertz CT molecular complexity index is 897. The van der Waals surface area contributed by atoms with Crippen LogP contribution in [0.3, 0.4) is 0 Å². The predicted molar refractivity (Wildman–Crippen MR) is 112 cm³/mol. The van der Waals surface area contributed by atoms with E-state index in [9.17, 15) is 14.0 Å². The van der Waals surface area contributed by atoms with Crippen LogP contribution in [0.1, 0.15) is 66.6 Å². The highest BCUT2D eigenvalue weighted by atomic mass is 19.1. The van der Waals surface area contributed by atoms with Gasteiger partial charge in [0, 0.05) is 25.8 Å². The van der Waals surface area contributed by atoms with E-state index in [1.54, 1.807) is 23.2 Å². The summed E-state index contributed by atoms with van der Waals surface area (Å²) in [7, 11) is 0. The van der Waals surface area contributed by atoms with Gasteiger partial charge in [-0.05, 0) is 57.7 Å². The van der Waals surface area contributed by atoms with Gasteiger partial charge in [0.15, 0.2) is 5.82 Å². The van der Waals surface area contributed by atoms with Gasteiger partial charge in [-0.15, -0.1) is 0 Å². The van der Waals surface area contributed by atoms with Crippen molar-refractivity contribution in [2.24, 2.45) is 0 Å². The minimum atomic E-state index is -0.315. The third-order valence-electron chi connectivity index (χ3n) is 5.67. The van der Waals surface area contributed by atoms with Gasteiger partial charge in [-0.1, -0.05) is 12.1 Å². The number of carbonyl (C=O) groups is 2. The van der Waals surface area contributed by atoms with E-state index in [0.717, 1.165) is 24.8 Å². The van der Waals surface area contributed by atoms with Gasteiger partial charge in [-0.25, -0.2) is 14.4 Å². The molecule has 1 unspecified atom stereocenters. The minimum Gasteiger partial charge on any atom is -0.339 e. The Kier molecular flexibility index (Phi) is 7.13. The number of aromatic nitrogens is 2. The van der Waals surface area contributed by atoms with Gasteiger partial charge in [0.2, 0.25) is 5.91 Å². The van der Waals surface area contributed by atoms with Crippen LogP contribution in [0, 0.1) is 12.7 Å². The Morgan fingerprint density at radius 1 is 1.17 bits per heavy atom. The topological polar surface area (TPSA) is 66.4 Å². The van der Waals surface area contributed by atoms with Gasteiger partial charge < -0.3 is 9.80 Å². The molecule has 0 N–H and O–H groups in total. The molecule has 2 aromatic rings. The molecule has 1 fully saturated rings. The van der Waals surface area contributed by atoms with Crippen molar-refractivity contribution in [3.63, 3.8) is 0 Å². The molecule has 1 aromatic heterocycles. The molecule has 160 valence electrons. The maximum Gasteiger partial charge on any atom is 0.257 e. The van der Waals surface area contributed by atoms with Crippen LogP contribution >= 0.6 is 0 Å². The monoisotopic (exact) mass is 412 g/mol. The van der Waals surface area contributed by atoms with E-state index < -0.39 is 0 Å². The predicted octanol–water partition coefficient (Wildman–Crippen LogP) is 3.70. The number of rotatable bonds is 6. The number of likely N-dealkylation sites (tertiary alicyclic amines) is 1. The average Bonchev–Trinajstić information content (AvgIpc) is 2.76. The Labute approximate surface area is 177 Å². The van der Waals surface area contributed by atoms with E-state index >= 15 is 0 Å². The lowest BCUT2D eigenvalue weighted by Gasteiger charge is -2.35. The molecule has 7 heteroatoms. The fourth-order valence-electron chi connectivity index (χ4n) is 3.91. The largest absolute Gasteiger partial charge is 0.339 e. The zero-order chi connectivity index (χ0) is 21.7. The van der Waals surface area contributed by atoms with Crippen LogP contribution < -0.4 is 0 Å². The molecule has 1 aromatic carbocycles. The van der Waals surface area contributed by atoms with Crippen molar-refractivity contribution >= 4 is 11.8 Å². The molecule has 2 amide bonds. The van der Waals surface area contributed by atoms with E-state index in [2.05, 4.69) is 9.97 Å². The molecule has 1 aliphatic rings. The van der Waals surface area contributed by atoms with Crippen molar-refractivity contribution in [1.29, 1.82) is 0 Å². The maximum absolute atomic E-state index is 13.1. The summed E-state index contributed by atoms with van der Waals surface area (Å²) >= 11 is 0. The molecule has 6 nitrogen and oxygen atoms in total. The van der Waals surface area contributed by atoms with E-state index in [0.29, 0.717) is 36.7 Å². The van der Waals surface area contributed by atoms with Gasteiger partial charge >= 0.3 is 0 Å². The molecule has 0 aliphatic carbocycles. The van der Waals surface area contributed by atoms with Crippen molar-refractivity contribution in [2.75, 3.05) is 19.6 Å². The summed E-state index contributed by atoms with van der Waals surface area (Å²) in [4.78, 5) is 38.3. The highest BCUT2D eigenvalue weighted by molar-refractivity contribution is 5.94. The smallest absolute Gasteiger partial charge is 0.257 e. The second-order valence-corrected chi connectivity index (χ2v) is 7.61. The number of amides is 2. The number of hydrogen-bond donors (Lipinski definition) is 0. The van der Waals surface area contributed by atoms with E-state index in [1.165, 1.54) is 12.1 Å². The third kappa shape index (κ3) is 4.83. The summed E-state index contributed by atoms with van der Waals surface area (Å²) in [5.41, 5.74) is 1.92. The van der Waals surface area contributed by atoms with Crippen molar-refractivity contribution in [1.82, 2.24) is 19.8 Å². The standard InChI is InChI=1S/C23H29FN4O2/c1-4-27(5-2)23(30)19-15-25-22(26-16(19)3)20-8-6-7-13-28(20)21(29)14-17-9-11-18(24)12-10-17/h9-12,15,20H,4-8,13-14H2,1-3H3.